The predicted molar refractivity (Wildman–Crippen MR) is 57.5 cm³/mol. The van der Waals surface area contributed by atoms with Gasteiger partial charge in [-0.05, 0) is 19.1 Å². The number of ether oxygens (including phenoxy) is 1. The third-order valence-corrected chi connectivity index (χ3v) is 2.17. The van der Waals surface area contributed by atoms with Crippen LogP contribution >= 0.6 is 0 Å². The summed E-state index contributed by atoms with van der Waals surface area (Å²) < 4.78 is 29.8. The van der Waals surface area contributed by atoms with Crippen LogP contribution in [-0.2, 0) is 4.74 Å². The van der Waals surface area contributed by atoms with Crippen molar-refractivity contribution < 1.29 is 23.1 Å². The summed E-state index contributed by atoms with van der Waals surface area (Å²) in [5.74, 6) is -0.878. The molecule has 18 heavy (non-hydrogen) atoms. The molecule has 0 saturated heterocycles. The van der Waals surface area contributed by atoms with E-state index in [0.29, 0.717) is 0 Å². The van der Waals surface area contributed by atoms with E-state index in [-0.39, 0.29) is 29.6 Å². The largest absolute Gasteiger partial charge is 0.462 e. The lowest BCUT2D eigenvalue weighted by atomic mass is 9.99. The summed E-state index contributed by atoms with van der Waals surface area (Å²) in [6.45, 7) is 1.61. The van der Waals surface area contributed by atoms with Crippen LogP contribution in [0, 0.1) is 11.3 Å². The molecular formula is C12H9F2NO3. The van der Waals surface area contributed by atoms with Crippen molar-refractivity contribution in [1.29, 1.82) is 5.26 Å². The number of nitrogens with zero attached hydrogens (tertiary/aromatic N) is 1. The Balaban J connectivity index is 3.45. The van der Waals surface area contributed by atoms with E-state index in [0.717, 1.165) is 12.1 Å². The van der Waals surface area contributed by atoms with Crippen LogP contribution in [0.15, 0.2) is 12.1 Å². The fourth-order valence-corrected chi connectivity index (χ4v) is 1.43. The molecule has 0 bridgehead atoms. The first-order valence-corrected chi connectivity index (χ1v) is 5.03. The van der Waals surface area contributed by atoms with E-state index in [1.54, 1.807) is 13.0 Å². The van der Waals surface area contributed by atoms with E-state index >= 15 is 0 Å². The molecule has 4 nitrogen and oxygen atoms in total. The van der Waals surface area contributed by atoms with E-state index in [2.05, 4.69) is 4.74 Å². The van der Waals surface area contributed by atoms with E-state index in [1.807, 2.05) is 0 Å². The van der Waals surface area contributed by atoms with Gasteiger partial charge in [-0.1, -0.05) is 0 Å². The van der Waals surface area contributed by atoms with Gasteiger partial charge in [0.1, 0.15) is 6.07 Å². The van der Waals surface area contributed by atoms with E-state index in [9.17, 15) is 18.4 Å². The average molecular weight is 253 g/mol. The number of aldehydes is 1. The number of rotatable bonds is 4. The molecular weight excluding hydrogens is 244 g/mol. The fraction of sp³-hybridized carbons (Fsp3) is 0.250. The highest BCUT2D eigenvalue weighted by Crippen LogP contribution is 2.24. The Kier molecular flexibility index (Phi) is 4.49. The van der Waals surface area contributed by atoms with Gasteiger partial charge in [-0.3, -0.25) is 4.79 Å². The van der Waals surface area contributed by atoms with Crippen LogP contribution in [-0.4, -0.2) is 18.9 Å². The predicted octanol–water partition coefficient (Wildman–Crippen LogP) is 2.49. The number of hydrogen-bond donors (Lipinski definition) is 0. The fourth-order valence-electron chi connectivity index (χ4n) is 1.43. The second-order valence-electron chi connectivity index (χ2n) is 3.28. The highest BCUT2D eigenvalue weighted by molar-refractivity contribution is 6.00. The number of carbonyl (C=O) groups excluding carboxylic acids is 2. The van der Waals surface area contributed by atoms with Crippen LogP contribution in [0.5, 0.6) is 0 Å². The quantitative estimate of drug-likeness (QED) is 0.610. The molecule has 0 N–H and O–H groups in total. The van der Waals surface area contributed by atoms with Crippen LogP contribution in [0.25, 0.3) is 0 Å². The van der Waals surface area contributed by atoms with Crippen molar-refractivity contribution in [1.82, 2.24) is 0 Å². The van der Waals surface area contributed by atoms with Gasteiger partial charge in [0.25, 0.3) is 6.43 Å². The number of halogens is 2. The first-order valence-electron chi connectivity index (χ1n) is 5.03. The lowest BCUT2D eigenvalue weighted by Gasteiger charge is -2.09. The normalized spacial score (nSPS) is 9.94. The first-order chi connectivity index (χ1) is 8.54. The third-order valence-electron chi connectivity index (χ3n) is 2.17. The third kappa shape index (κ3) is 2.69. The Labute approximate surface area is 102 Å². The van der Waals surface area contributed by atoms with Crippen LogP contribution in [0.2, 0.25) is 0 Å². The Morgan fingerprint density at radius 3 is 2.67 bits per heavy atom. The van der Waals surface area contributed by atoms with Crippen molar-refractivity contribution in [3.63, 3.8) is 0 Å². The van der Waals surface area contributed by atoms with E-state index < -0.39 is 18.0 Å². The highest BCUT2D eigenvalue weighted by atomic mass is 19.3. The van der Waals surface area contributed by atoms with Crippen LogP contribution in [0.3, 0.4) is 0 Å². The lowest BCUT2D eigenvalue weighted by Crippen LogP contribution is -2.11. The standard InChI is InChI=1S/C12H9F2NO3/c1-2-18-12(17)10-8(5-15)3-7(11(13)14)4-9(10)6-16/h3-4,6,11H,2H2,1H3. The molecule has 6 heteroatoms. The van der Waals surface area contributed by atoms with Crippen molar-refractivity contribution >= 4 is 12.3 Å². The SMILES string of the molecule is CCOC(=O)c1c(C#N)cc(C(F)F)cc1C=O. The molecule has 0 saturated carbocycles. The minimum atomic E-state index is -2.83. The van der Waals surface area contributed by atoms with Crippen LogP contribution in [0.1, 0.15) is 45.2 Å². The van der Waals surface area contributed by atoms with E-state index in [4.69, 9.17) is 5.26 Å². The minimum Gasteiger partial charge on any atom is -0.462 e. The number of nitriles is 1. The zero-order valence-corrected chi connectivity index (χ0v) is 9.44. The molecule has 0 spiro atoms. The van der Waals surface area contributed by atoms with Gasteiger partial charge in [-0.25, -0.2) is 13.6 Å². The maximum atomic E-state index is 12.5. The van der Waals surface area contributed by atoms with Crippen molar-refractivity contribution in [2.75, 3.05) is 6.61 Å². The molecule has 0 aromatic heterocycles. The topological polar surface area (TPSA) is 67.2 Å². The van der Waals surface area contributed by atoms with Crippen LogP contribution < -0.4 is 0 Å². The van der Waals surface area contributed by atoms with Gasteiger partial charge in [0.15, 0.2) is 6.29 Å². The van der Waals surface area contributed by atoms with Crippen molar-refractivity contribution in [3.05, 3.63) is 34.4 Å². The highest BCUT2D eigenvalue weighted by Gasteiger charge is 2.21. The molecule has 0 unspecified atom stereocenters. The average Bonchev–Trinajstić information content (AvgIpc) is 2.36. The number of hydrogen-bond acceptors (Lipinski definition) is 4. The molecule has 0 aliphatic carbocycles. The summed E-state index contributed by atoms with van der Waals surface area (Å²) in [6.07, 6.45) is -2.58. The molecule has 0 aliphatic heterocycles. The molecule has 94 valence electrons. The summed E-state index contributed by atoms with van der Waals surface area (Å²) in [6, 6.07) is 3.37. The van der Waals surface area contributed by atoms with Gasteiger partial charge in [-0.2, -0.15) is 5.26 Å². The zero-order valence-electron chi connectivity index (χ0n) is 9.44. The number of carbonyl (C=O) groups is 2. The Morgan fingerprint density at radius 2 is 2.22 bits per heavy atom. The molecule has 0 aliphatic rings. The Hall–Kier alpha value is -2.29. The second-order valence-corrected chi connectivity index (χ2v) is 3.28. The maximum Gasteiger partial charge on any atom is 0.340 e. The zero-order chi connectivity index (χ0) is 13.7. The summed E-state index contributed by atoms with van der Waals surface area (Å²) in [4.78, 5) is 22.4. The van der Waals surface area contributed by atoms with Gasteiger partial charge < -0.3 is 4.74 Å². The van der Waals surface area contributed by atoms with Crippen molar-refractivity contribution in [2.24, 2.45) is 0 Å². The summed E-state index contributed by atoms with van der Waals surface area (Å²) in [5, 5.41) is 8.84. The molecule has 1 aromatic carbocycles. The number of alkyl halides is 2. The van der Waals surface area contributed by atoms with Crippen molar-refractivity contribution in [2.45, 2.75) is 13.3 Å². The minimum absolute atomic E-state index is 0.0542. The molecule has 1 rings (SSSR count). The van der Waals surface area contributed by atoms with Gasteiger partial charge in [0.2, 0.25) is 0 Å². The Morgan fingerprint density at radius 1 is 1.56 bits per heavy atom. The second kappa shape index (κ2) is 5.87. The number of esters is 1. The maximum absolute atomic E-state index is 12.5. The first kappa shape index (κ1) is 13.8. The van der Waals surface area contributed by atoms with E-state index in [1.165, 1.54) is 0 Å². The molecule has 0 fully saturated rings. The van der Waals surface area contributed by atoms with Gasteiger partial charge >= 0.3 is 5.97 Å². The molecule has 0 atom stereocenters. The van der Waals surface area contributed by atoms with Crippen molar-refractivity contribution in [3.8, 4) is 6.07 Å². The lowest BCUT2D eigenvalue weighted by molar-refractivity contribution is 0.0523. The van der Waals surface area contributed by atoms with Gasteiger partial charge in [-0.15, -0.1) is 0 Å². The Bertz CT molecular complexity index is 521. The molecule has 1 aromatic rings. The summed E-state index contributed by atoms with van der Waals surface area (Å²) >= 11 is 0. The molecule has 0 heterocycles. The summed E-state index contributed by atoms with van der Waals surface area (Å²) in [5.41, 5.74) is -1.34. The molecule has 0 amide bonds. The monoisotopic (exact) mass is 253 g/mol. The molecule has 0 radical (unpaired) electrons. The summed E-state index contributed by atoms with van der Waals surface area (Å²) in [7, 11) is 0. The van der Waals surface area contributed by atoms with Crippen LogP contribution in [0.4, 0.5) is 8.78 Å². The van der Waals surface area contributed by atoms with Gasteiger partial charge in [0, 0.05) is 11.1 Å². The smallest absolute Gasteiger partial charge is 0.340 e. The number of benzene rings is 1. The van der Waals surface area contributed by atoms with Gasteiger partial charge in [0.05, 0.1) is 17.7 Å².